The van der Waals surface area contributed by atoms with Gasteiger partial charge in [0.2, 0.25) is 0 Å². The number of halogens is 1. The average molecular weight is 244 g/mol. The number of hydrogen-bond acceptors (Lipinski definition) is 4. The molecule has 1 aromatic rings. The number of aromatic nitrogens is 2. The largest absolute Gasteiger partial charge is 0.395 e. The molecule has 0 atom stereocenters. The van der Waals surface area contributed by atoms with Crippen LogP contribution in [-0.2, 0) is 0 Å². The fraction of sp³-hybridized carbons (Fsp3) is 0.636. The van der Waals surface area contributed by atoms with E-state index in [4.69, 9.17) is 16.7 Å². The van der Waals surface area contributed by atoms with Gasteiger partial charge < -0.3 is 10.0 Å². The maximum atomic E-state index is 9.08. The summed E-state index contributed by atoms with van der Waals surface area (Å²) < 4.78 is 0. The van der Waals surface area contributed by atoms with Crippen molar-refractivity contribution in [1.29, 1.82) is 0 Å². The van der Waals surface area contributed by atoms with Crippen molar-refractivity contribution < 1.29 is 5.11 Å². The van der Waals surface area contributed by atoms with E-state index in [1.165, 1.54) is 6.20 Å². The second-order valence-electron chi connectivity index (χ2n) is 3.59. The van der Waals surface area contributed by atoms with Gasteiger partial charge in [-0.2, -0.15) is 0 Å². The topological polar surface area (TPSA) is 49.2 Å². The number of aliphatic hydroxyl groups excluding tert-OH is 1. The highest BCUT2D eigenvalue weighted by molar-refractivity contribution is 6.29. The summed E-state index contributed by atoms with van der Waals surface area (Å²) in [6.45, 7) is 4.90. The molecule has 0 aromatic carbocycles. The van der Waals surface area contributed by atoms with Crippen LogP contribution >= 0.6 is 11.6 Å². The van der Waals surface area contributed by atoms with Gasteiger partial charge in [0, 0.05) is 12.6 Å². The summed E-state index contributed by atoms with van der Waals surface area (Å²) in [6.07, 6.45) is 5.20. The molecule has 0 saturated carbocycles. The first-order valence-electron chi connectivity index (χ1n) is 5.57. The summed E-state index contributed by atoms with van der Waals surface area (Å²) in [7, 11) is 0. The summed E-state index contributed by atoms with van der Waals surface area (Å²) >= 11 is 5.82. The number of aliphatic hydroxyl groups is 1. The van der Waals surface area contributed by atoms with Gasteiger partial charge in [-0.05, 0) is 12.8 Å². The monoisotopic (exact) mass is 243 g/mol. The first-order valence-corrected chi connectivity index (χ1v) is 5.95. The fourth-order valence-electron chi connectivity index (χ4n) is 1.79. The molecule has 0 bridgehead atoms. The molecule has 0 spiro atoms. The van der Waals surface area contributed by atoms with E-state index in [0.29, 0.717) is 17.7 Å². The van der Waals surface area contributed by atoms with Crippen molar-refractivity contribution in [2.45, 2.75) is 32.7 Å². The molecule has 0 aliphatic rings. The predicted octanol–water partition coefficient (Wildman–Crippen LogP) is 2.12. The highest BCUT2D eigenvalue weighted by atomic mass is 35.5. The maximum Gasteiger partial charge on any atom is 0.149 e. The number of anilines is 1. The summed E-state index contributed by atoms with van der Waals surface area (Å²) in [5, 5.41) is 9.47. The molecule has 0 amide bonds. The first-order chi connectivity index (χ1) is 7.72. The van der Waals surface area contributed by atoms with E-state index in [0.717, 1.165) is 18.7 Å². The SMILES string of the molecule is CCC(CC)N(CCO)c1cncc(Cl)n1. The average Bonchev–Trinajstić information content (AvgIpc) is 2.29. The van der Waals surface area contributed by atoms with E-state index < -0.39 is 0 Å². The third-order valence-electron chi connectivity index (χ3n) is 2.61. The smallest absolute Gasteiger partial charge is 0.149 e. The van der Waals surface area contributed by atoms with E-state index >= 15 is 0 Å². The van der Waals surface area contributed by atoms with Crippen molar-refractivity contribution in [2.75, 3.05) is 18.1 Å². The lowest BCUT2D eigenvalue weighted by Gasteiger charge is -2.30. The standard InChI is InChI=1S/C11H18ClN3O/c1-3-9(4-2)15(5-6-16)11-8-13-7-10(12)14-11/h7-9,16H,3-6H2,1-2H3. The van der Waals surface area contributed by atoms with Gasteiger partial charge in [0.15, 0.2) is 0 Å². The van der Waals surface area contributed by atoms with Gasteiger partial charge >= 0.3 is 0 Å². The van der Waals surface area contributed by atoms with Crippen LogP contribution in [0.4, 0.5) is 5.82 Å². The molecule has 90 valence electrons. The third-order valence-corrected chi connectivity index (χ3v) is 2.79. The molecule has 0 aliphatic heterocycles. The Labute approximate surface area is 101 Å². The van der Waals surface area contributed by atoms with Gasteiger partial charge in [-0.1, -0.05) is 25.4 Å². The summed E-state index contributed by atoms with van der Waals surface area (Å²) in [6, 6.07) is 0.361. The minimum absolute atomic E-state index is 0.102. The van der Waals surface area contributed by atoms with Crippen LogP contribution in [0.5, 0.6) is 0 Å². The molecule has 0 saturated heterocycles. The molecule has 16 heavy (non-hydrogen) atoms. The van der Waals surface area contributed by atoms with Crippen LogP contribution in [0.3, 0.4) is 0 Å². The Morgan fingerprint density at radius 1 is 1.38 bits per heavy atom. The predicted molar refractivity (Wildman–Crippen MR) is 65.8 cm³/mol. The molecule has 4 nitrogen and oxygen atoms in total. The maximum absolute atomic E-state index is 9.08. The van der Waals surface area contributed by atoms with E-state index in [-0.39, 0.29) is 6.61 Å². The van der Waals surface area contributed by atoms with Crippen molar-refractivity contribution in [2.24, 2.45) is 0 Å². The Bertz CT molecular complexity index is 318. The van der Waals surface area contributed by atoms with Gasteiger partial charge in [0.25, 0.3) is 0 Å². The molecule has 0 radical (unpaired) electrons. The lowest BCUT2D eigenvalue weighted by atomic mass is 10.1. The quantitative estimate of drug-likeness (QED) is 0.832. The van der Waals surface area contributed by atoms with Crippen LogP contribution in [0.2, 0.25) is 5.15 Å². The zero-order chi connectivity index (χ0) is 12.0. The van der Waals surface area contributed by atoms with Gasteiger partial charge in [-0.25, -0.2) is 4.98 Å². The Morgan fingerprint density at radius 2 is 2.06 bits per heavy atom. The fourth-order valence-corrected chi connectivity index (χ4v) is 1.94. The van der Waals surface area contributed by atoms with Crippen LogP contribution in [0, 0.1) is 0 Å². The summed E-state index contributed by atoms with van der Waals surface area (Å²) in [5.41, 5.74) is 0. The molecule has 0 aliphatic carbocycles. The van der Waals surface area contributed by atoms with E-state index in [9.17, 15) is 0 Å². The summed E-state index contributed by atoms with van der Waals surface area (Å²) in [4.78, 5) is 10.3. The van der Waals surface area contributed by atoms with Gasteiger partial charge in [-0.3, -0.25) is 4.98 Å². The van der Waals surface area contributed by atoms with E-state index in [1.807, 2.05) is 0 Å². The number of hydrogen-bond donors (Lipinski definition) is 1. The molecule has 1 rings (SSSR count). The highest BCUT2D eigenvalue weighted by Gasteiger charge is 2.16. The Balaban J connectivity index is 2.91. The van der Waals surface area contributed by atoms with E-state index in [1.54, 1.807) is 6.20 Å². The zero-order valence-corrected chi connectivity index (χ0v) is 10.5. The van der Waals surface area contributed by atoms with Crippen LogP contribution in [0.1, 0.15) is 26.7 Å². The van der Waals surface area contributed by atoms with Crippen LogP contribution in [0.25, 0.3) is 0 Å². The number of rotatable bonds is 6. The molecule has 0 unspecified atom stereocenters. The Hall–Kier alpha value is -0.870. The van der Waals surface area contributed by atoms with Gasteiger partial charge in [0.1, 0.15) is 11.0 Å². The molecule has 0 fully saturated rings. The van der Waals surface area contributed by atoms with E-state index in [2.05, 4.69) is 28.7 Å². The van der Waals surface area contributed by atoms with Crippen molar-refractivity contribution in [1.82, 2.24) is 9.97 Å². The Morgan fingerprint density at radius 3 is 2.56 bits per heavy atom. The van der Waals surface area contributed by atoms with Gasteiger partial charge in [-0.15, -0.1) is 0 Å². The van der Waals surface area contributed by atoms with Gasteiger partial charge in [0.05, 0.1) is 19.0 Å². The van der Waals surface area contributed by atoms with Crippen LogP contribution < -0.4 is 4.90 Å². The molecular formula is C11H18ClN3O. The lowest BCUT2D eigenvalue weighted by molar-refractivity contribution is 0.295. The minimum atomic E-state index is 0.102. The van der Waals surface area contributed by atoms with Crippen LogP contribution in [-0.4, -0.2) is 34.3 Å². The second-order valence-corrected chi connectivity index (χ2v) is 3.97. The van der Waals surface area contributed by atoms with Crippen molar-refractivity contribution >= 4 is 17.4 Å². The highest BCUT2D eigenvalue weighted by Crippen LogP contribution is 2.18. The normalized spacial score (nSPS) is 10.8. The summed E-state index contributed by atoms with van der Waals surface area (Å²) in [5.74, 6) is 0.732. The Kier molecular flexibility index (Phi) is 5.49. The minimum Gasteiger partial charge on any atom is -0.395 e. The molecule has 5 heteroatoms. The zero-order valence-electron chi connectivity index (χ0n) is 9.73. The molecule has 1 N–H and O–H groups in total. The molecule has 1 aromatic heterocycles. The van der Waals surface area contributed by atoms with Crippen molar-refractivity contribution in [3.63, 3.8) is 0 Å². The number of nitrogens with zero attached hydrogens (tertiary/aromatic N) is 3. The molecule has 1 heterocycles. The molecular weight excluding hydrogens is 226 g/mol. The lowest BCUT2D eigenvalue weighted by Crippen LogP contribution is -2.37. The first kappa shape index (κ1) is 13.2. The van der Waals surface area contributed by atoms with Crippen LogP contribution in [0.15, 0.2) is 12.4 Å². The second kappa shape index (κ2) is 6.66. The van der Waals surface area contributed by atoms with Crippen molar-refractivity contribution in [3.05, 3.63) is 17.5 Å². The van der Waals surface area contributed by atoms with Crippen molar-refractivity contribution in [3.8, 4) is 0 Å². The third kappa shape index (κ3) is 3.32.